The number of halogens is 1. The molecule has 0 aliphatic rings. The highest BCUT2D eigenvalue weighted by Gasteiger charge is 2.24. The molecule has 142 valence electrons. The average Bonchev–Trinajstić information content (AvgIpc) is 2.56. The van der Waals surface area contributed by atoms with Crippen LogP contribution in [-0.4, -0.2) is 45.7 Å². The van der Waals surface area contributed by atoms with E-state index in [9.17, 15) is 4.79 Å². The second-order valence-corrected chi connectivity index (χ2v) is 6.67. The predicted molar refractivity (Wildman–Crippen MR) is 114 cm³/mol. The maximum atomic E-state index is 11.5. The topological polar surface area (TPSA) is 74.8 Å². The monoisotopic (exact) mass is 462 g/mol. The quantitative estimate of drug-likeness (QED) is 0.345. The summed E-state index contributed by atoms with van der Waals surface area (Å²) in [6.07, 6.45) is 0.0860. The molecule has 7 heteroatoms. The maximum Gasteiger partial charge on any atom is 0.251 e. The van der Waals surface area contributed by atoms with Crippen molar-refractivity contribution in [2.45, 2.75) is 33.4 Å². The summed E-state index contributed by atoms with van der Waals surface area (Å²) in [7, 11) is 5.09. The van der Waals surface area contributed by atoms with Crippen LogP contribution in [0, 0.1) is 5.41 Å². The molecule has 0 aromatic heterocycles. The lowest BCUT2D eigenvalue weighted by atomic mass is 9.89. The number of ether oxygens (including phenoxy) is 1. The van der Waals surface area contributed by atoms with Crippen molar-refractivity contribution in [2.75, 3.05) is 27.7 Å². The maximum absolute atomic E-state index is 11.5. The number of methoxy groups -OCH3 is 1. The molecule has 1 rings (SSSR count). The normalized spacial score (nSPS) is 12.8. The van der Waals surface area contributed by atoms with E-state index >= 15 is 0 Å². The largest absolute Gasteiger partial charge is 0.379 e. The Bertz CT molecular complexity index is 553. The van der Waals surface area contributed by atoms with E-state index in [1.54, 1.807) is 21.2 Å². The molecule has 1 amide bonds. The van der Waals surface area contributed by atoms with Crippen LogP contribution in [0.3, 0.4) is 0 Å². The molecule has 0 bridgehead atoms. The van der Waals surface area contributed by atoms with Gasteiger partial charge in [-0.1, -0.05) is 32.9 Å². The lowest BCUT2D eigenvalue weighted by Gasteiger charge is -2.30. The third kappa shape index (κ3) is 8.04. The highest BCUT2D eigenvalue weighted by atomic mass is 127. The minimum Gasteiger partial charge on any atom is -0.379 e. The Balaban J connectivity index is 0.00000576. The summed E-state index contributed by atoms with van der Waals surface area (Å²) in [5.41, 5.74) is 1.78. The summed E-state index contributed by atoms with van der Waals surface area (Å²) >= 11 is 0. The Morgan fingerprint density at radius 1 is 1.20 bits per heavy atom. The van der Waals surface area contributed by atoms with Crippen molar-refractivity contribution in [2.24, 2.45) is 10.4 Å². The van der Waals surface area contributed by atoms with Gasteiger partial charge in [-0.2, -0.15) is 0 Å². The smallest absolute Gasteiger partial charge is 0.251 e. The SMILES string of the molecule is CN=C(NCc1ccc(C(=O)NC)cc1)NCC(OC)C(C)(C)C.I. The number of aliphatic imine (C=N–C) groups is 1. The standard InChI is InChI=1S/C18H30N4O2.HI/c1-18(2,3)15(24-6)12-22-17(20-5)21-11-13-7-9-14(10-8-13)16(23)19-4;/h7-10,15H,11-12H2,1-6H3,(H,19,23)(H2,20,21,22);1H. The number of rotatable bonds is 6. The third-order valence-corrected chi connectivity index (χ3v) is 3.83. The van der Waals surface area contributed by atoms with E-state index in [1.165, 1.54) is 0 Å². The minimum atomic E-state index is -0.0835. The zero-order chi connectivity index (χ0) is 18.2. The Kier molecular flexibility index (Phi) is 10.7. The fraction of sp³-hybridized carbons (Fsp3) is 0.556. The van der Waals surface area contributed by atoms with Crippen LogP contribution in [0.1, 0.15) is 36.7 Å². The molecule has 0 aliphatic carbocycles. The van der Waals surface area contributed by atoms with Gasteiger partial charge in [-0.25, -0.2) is 0 Å². The van der Waals surface area contributed by atoms with Gasteiger partial charge >= 0.3 is 0 Å². The fourth-order valence-corrected chi connectivity index (χ4v) is 2.26. The lowest BCUT2D eigenvalue weighted by molar-refractivity contribution is 0.0205. The number of nitrogens with zero attached hydrogens (tertiary/aromatic N) is 1. The molecule has 1 aromatic rings. The van der Waals surface area contributed by atoms with Crippen LogP contribution in [0.4, 0.5) is 0 Å². The molecule has 1 atom stereocenters. The highest BCUT2D eigenvalue weighted by Crippen LogP contribution is 2.20. The highest BCUT2D eigenvalue weighted by molar-refractivity contribution is 14.0. The number of nitrogens with one attached hydrogen (secondary N) is 3. The van der Waals surface area contributed by atoms with Gasteiger partial charge in [0.15, 0.2) is 5.96 Å². The molecular formula is C18H31IN4O2. The van der Waals surface area contributed by atoms with E-state index < -0.39 is 0 Å². The van der Waals surface area contributed by atoms with Crippen molar-refractivity contribution < 1.29 is 9.53 Å². The molecule has 0 saturated heterocycles. The number of carbonyl (C=O) groups excluding carboxylic acids is 1. The molecule has 1 aromatic carbocycles. The molecule has 6 nitrogen and oxygen atoms in total. The van der Waals surface area contributed by atoms with Gasteiger partial charge in [-0.3, -0.25) is 9.79 Å². The molecule has 0 radical (unpaired) electrons. The van der Waals surface area contributed by atoms with E-state index in [4.69, 9.17) is 4.74 Å². The van der Waals surface area contributed by atoms with Crippen molar-refractivity contribution in [3.8, 4) is 0 Å². The summed E-state index contributed by atoms with van der Waals surface area (Å²) in [6.45, 7) is 7.74. The van der Waals surface area contributed by atoms with Gasteiger partial charge in [-0.05, 0) is 23.1 Å². The molecule has 0 fully saturated rings. The van der Waals surface area contributed by atoms with E-state index in [0.717, 1.165) is 11.5 Å². The Labute approximate surface area is 168 Å². The Morgan fingerprint density at radius 3 is 2.24 bits per heavy atom. The van der Waals surface area contributed by atoms with Crippen LogP contribution >= 0.6 is 24.0 Å². The van der Waals surface area contributed by atoms with Gasteiger partial charge in [0.2, 0.25) is 0 Å². The van der Waals surface area contributed by atoms with Crippen LogP contribution < -0.4 is 16.0 Å². The van der Waals surface area contributed by atoms with E-state index in [1.807, 2.05) is 24.3 Å². The molecule has 1 unspecified atom stereocenters. The first-order chi connectivity index (χ1) is 11.3. The van der Waals surface area contributed by atoms with Gasteiger partial charge in [0.1, 0.15) is 0 Å². The number of benzene rings is 1. The van der Waals surface area contributed by atoms with E-state index in [0.29, 0.717) is 18.7 Å². The lowest BCUT2D eigenvalue weighted by Crippen LogP contribution is -2.45. The van der Waals surface area contributed by atoms with Crippen molar-refractivity contribution in [3.63, 3.8) is 0 Å². The number of amides is 1. The number of hydrogen-bond donors (Lipinski definition) is 3. The van der Waals surface area contributed by atoms with Gasteiger partial charge < -0.3 is 20.7 Å². The summed E-state index contributed by atoms with van der Waals surface area (Å²) in [5.74, 6) is 0.636. The molecule has 0 aliphatic heterocycles. The number of carbonyl (C=O) groups is 1. The first kappa shape index (κ1) is 23.6. The summed E-state index contributed by atoms with van der Waals surface area (Å²) < 4.78 is 5.54. The van der Waals surface area contributed by atoms with Crippen molar-refractivity contribution in [3.05, 3.63) is 35.4 Å². The van der Waals surface area contributed by atoms with Crippen LogP contribution in [0.2, 0.25) is 0 Å². The fourth-order valence-electron chi connectivity index (χ4n) is 2.26. The zero-order valence-corrected chi connectivity index (χ0v) is 18.3. The van der Waals surface area contributed by atoms with Crippen LogP contribution in [0.15, 0.2) is 29.3 Å². The third-order valence-electron chi connectivity index (χ3n) is 3.83. The Morgan fingerprint density at radius 2 is 1.80 bits per heavy atom. The van der Waals surface area contributed by atoms with E-state index in [-0.39, 0.29) is 41.4 Å². The minimum absolute atomic E-state index is 0. The molecule has 3 N–H and O–H groups in total. The molecule has 0 spiro atoms. The van der Waals surface area contributed by atoms with Gasteiger partial charge in [0, 0.05) is 39.9 Å². The first-order valence-electron chi connectivity index (χ1n) is 8.10. The second kappa shape index (κ2) is 11.3. The summed E-state index contributed by atoms with van der Waals surface area (Å²) in [6, 6.07) is 7.48. The van der Waals surface area contributed by atoms with E-state index in [2.05, 4.69) is 41.7 Å². The first-order valence-corrected chi connectivity index (χ1v) is 8.10. The summed E-state index contributed by atoms with van der Waals surface area (Å²) in [4.78, 5) is 15.8. The second-order valence-electron chi connectivity index (χ2n) is 6.67. The molecular weight excluding hydrogens is 431 g/mol. The van der Waals surface area contributed by atoms with Crippen molar-refractivity contribution >= 4 is 35.8 Å². The zero-order valence-electron chi connectivity index (χ0n) is 16.0. The number of hydrogen-bond acceptors (Lipinski definition) is 3. The van der Waals surface area contributed by atoms with Crippen LogP contribution in [0.25, 0.3) is 0 Å². The van der Waals surface area contributed by atoms with Crippen molar-refractivity contribution in [1.82, 2.24) is 16.0 Å². The Hall–Kier alpha value is -1.35. The van der Waals surface area contributed by atoms with Crippen molar-refractivity contribution in [1.29, 1.82) is 0 Å². The predicted octanol–water partition coefficient (Wildman–Crippen LogP) is 2.39. The molecule has 25 heavy (non-hydrogen) atoms. The van der Waals surface area contributed by atoms with Gasteiger partial charge in [0.25, 0.3) is 5.91 Å². The van der Waals surface area contributed by atoms with Gasteiger partial charge in [-0.15, -0.1) is 24.0 Å². The average molecular weight is 462 g/mol. The van der Waals surface area contributed by atoms with Gasteiger partial charge in [0.05, 0.1) is 6.10 Å². The molecule has 0 saturated carbocycles. The summed E-state index contributed by atoms with van der Waals surface area (Å²) in [5, 5.41) is 9.16. The number of guanidine groups is 1. The van der Waals surface area contributed by atoms with Crippen LogP contribution in [-0.2, 0) is 11.3 Å². The molecule has 0 heterocycles. The van der Waals surface area contributed by atoms with Crippen LogP contribution in [0.5, 0.6) is 0 Å².